The van der Waals surface area contributed by atoms with Crippen molar-refractivity contribution in [2.45, 2.75) is 32.5 Å². The molecule has 0 aliphatic rings. The molecule has 0 spiro atoms. The highest BCUT2D eigenvalue weighted by Gasteiger charge is 2.20. The lowest BCUT2D eigenvalue weighted by Crippen LogP contribution is -2.30. The molecule has 0 amide bonds. The van der Waals surface area contributed by atoms with Gasteiger partial charge in [0.1, 0.15) is 0 Å². The van der Waals surface area contributed by atoms with E-state index in [9.17, 15) is 0 Å². The molecule has 0 bridgehead atoms. The zero-order chi connectivity index (χ0) is 10.2. The Labute approximate surface area is 99.3 Å². The van der Waals surface area contributed by atoms with Gasteiger partial charge < -0.3 is 4.43 Å². The number of hydrogen-bond donors (Lipinski definition) is 1. The molecular weight excluding hydrogens is 256 g/mol. The van der Waals surface area contributed by atoms with Crippen molar-refractivity contribution in [2.24, 2.45) is 0 Å². The van der Waals surface area contributed by atoms with Crippen molar-refractivity contribution in [2.75, 3.05) is 12.4 Å². The summed E-state index contributed by atoms with van der Waals surface area (Å²) in [6.07, 6.45) is 1.27. The minimum absolute atomic E-state index is 0.869. The summed E-state index contributed by atoms with van der Waals surface area (Å²) in [6, 6.07) is 1.27. The molecule has 0 aliphatic carbocycles. The Morgan fingerprint density at radius 1 is 1.38 bits per heavy atom. The van der Waals surface area contributed by atoms with Gasteiger partial charge in [-0.25, -0.2) is 0 Å². The lowest BCUT2D eigenvalue weighted by molar-refractivity contribution is 0.328. The van der Waals surface area contributed by atoms with E-state index in [2.05, 4.69) is 31.7 Å². The van der Waals surface area contributed by atoms with Crippen LogP contribution in [0.25, 0.3) is 0 Å². The second-order valence-electron chi connectivity index (χ2n) is 3.26. The van der Waals surface area contributed by atoms with Crippen LogP contribution in [0, 0.1) is 0 Å². The van der Waals surface area contributed by atoms with Crippen LogP contribution in [0.4, 0.5) is 0 Å². The van der Waals surface area contributed by atoms with Crippen molar-refractivity contribution < 1.29 is 4.43 Å². The van der Waals surface area contributed by atoms with Crippen LogP contribution in [0.15, 0.2) is 0 Å². The predicted octanol–water partition coefficient (Wildman–Crippen LogP) is 4.49. The lowest BCUT2D eigenvalue weighted by atomic mass is 10.6. The molecule has 1 nitrogen and oxygen atoms in total. The van der Waals surface area contributed by atoms with Crippen LogP contribution in [-0.4, -0.2) is 20.7 Å². The fraction of sp³-hybridized carbons (Fsp3) is 1.00. The molecular formula is C7H18OS4Si. The zero-order valence-electron chi connectivity index (χ0n) is 8.41. The Morgan fingerprint density at radius 3 is 2.62 bits per heavy atom. The number of hydrogen-bond acceptors (Lipinski definition) is 5. The van der Waals surface area contributed by atoms with Crippen LogP contribution in [0.1, 0.15) is 13.3 Å². The van der Waals surface area contributed by atoms with Gasteiger partial charge in [0.05, 0.1) is 0 Å². The van der Waals surface area contributed by atoms with Gasteiger partial charge in [0.15, 0.2) is 8.32 Å². The second-order valence-corrected chi connectivity index (χ2v) is 12.6. The quantitative estimate of drug-likeness (QED) is 0.302. The van der Waals surface area contributed by atoms with Crippen LogP contribution in [0.5, 0.6) is 0 Å². The zero-order valence-corrected chi connectivity index (χ0v) is 12.8. The lowest BCUT2D eigenvalue weighted by Gasteiger charge is -2.21. The van der Waals surface area contributed by atoms with Gasteiger partial charge in [0.2, 0.25) is 0 Å². The first-order chi connectivity index (χ1) is 6.12. The summed E-state index contributed by atoms with van der Waals surface area (Å²) in [6.45, 7) is 7.54. The minimum atomic E-state index is -1.31. The first-order valence-corrected chi connectivity index (χ1v) is 12.2. The monoisotopic (exact) mass is 274 g/mol. The Hall–Kier alpha value is 1.58. The first-order valence-electron chi connectivity index (χ1n) is 4.36. The summed E-state index contributed by atoms with van der Waals surface area (Å²) in [5.74, 6) is 1.21. The Bertz CT molecular complexity index is 123. The molecule has 0 atom stereocenters. The van der Waals surface area contributed by atoms with Crippen molar-refractivity contribution in [3.8, 4) is 0 Å². The summed E-state index contributed by atoms with van der Waals surface area (Å²) in [5.41, 5.74) is 0. The minimum Gasteiger partial charge on any atom is -0.418 e. The molecule has 80 valence electrons. The van der Waals surface area contributed by atoms with Crippen molar-refractivity contribution in [1.29, 1.82) is 0 Å². The van der Waals surface area contributed by atoms with Crippen LogP contribution in [0.3, 0.4) is 0 Å². The van der Waals surface area contributed by atoms with Crippen molar-refractivity contribution in [3.63, 3.8) is 0 Å². The van der Waals surface area contributed by atoms with Crippen LogP contribution >= 0.6 is 42.1 Å². The van der Waals surface area contributed by atoms with E-state index in [1.807, 2.05) is 10.8 Å². The van der Waals surface area contributed by atoms with E-state index >= 15 is 0 Å². The van der Waals surface area contributed by atoms with Crippen molar-refractivity contribution >= 4 is 50.4 Å². The smallest absolute Gasteiger partial charge is 0.186 e. The van der Waals surface area contributed by atoms with E-state index in [0.29, 0.717) is 0 Å². The fourth-order valence-electron chi connectivity index (χ4n) is 1.08. The molecule has 0 radical (unpaired) electrons. The number of thiol groups is 1. The normalized spacial score (nSPS) is 12.0. The molecule has 0 heterocycles. The Kier molecular flexibility index (Phi) is 9.92. The van der Waals surface area contributed by atoms with E-state index in [4.69, 9.17) is 4.43 Å². The molecule has 0 aromatic carbocycles. The Balaban J connectivity index is 3.29. The maximum absolute atomic E-state index is 5.74. The fourth-order valence-corrected chi connectivity index (χ4v) is 6.51. The maximum Gasteiger partial charge on any atom is 0.186 e. The van der Waals surface area contributed by atoms with Gasteiger partial charge in [0, 0.05) is 12.4 Å². The SMILES string of the molecule is CCO[Si](C)(C)CCCSSSS. The van der Waals surface area contributed by atoms with Crippen molar-refractivity contribution in [3.05, 3.63) is 0 Å². The predicted molar refractivity (Wildman–Crippen MR) is 75.2 cm³/mol. The Morgan fingerprint density at radius 2 is 2.08 bits per heavy atom. The van der Waals surface area contributed by atoms with Gasteiger partial charge in [-0.1, -0.05) is 22.5 Å². The maximum atomic E-state index is 5.74. The summed E-state index contributed by atoms with van der Waals surface area (Å²) >= 11 is 4.06. The van der Waals surface area contributed by atoms with Gasteiger partial charge in [-0.15, -0.1) is 0 Å². The van der Waals surface area contributed by atoms with Crippen LogP contribution < -0.4 is 0 Å². The summed E-state index contributed by atoms with van der Waals surface area (Å²) in [4.78, 5) is 0. The third-order valence-corrected chi connectivity index (χ3v) is 8.89. The van der Waals surface area contributed by atoms with E-state index in [1.54, 1.807) is 9.83 Å². The highest BCUT2D eigenvalue weighted by molar-refractivity contribution is 9.23. The topological polar surface area (TPSA) is 9.23 Å². The molecule has 0 rings (SSSR count). The standard InChI is InChI=1S/C7H18OS4Si/c1-4-8-13(2,3)7-5-6-10-12-11-9/h9H,4-7H2,1-3H3. The molecule has 0 saturated heterocycles. The molecule has 6 heteroatoms. The first kappa shape index (κ1) is 14.6. The van der Waals surface area contributed by atoms with Gasteiger partial charge in [-0.2, -0.15) is 0 Å². The van der Waals surface area contributed by atoms with Gasteiger partial charge >= 0.3 is 0 Å². The summed E-state index contributed by atoms with van der Waals surface area (Å²) in [5, 5.41) is 0. The summed E-state index contributed by atoms with van der Waals surface area (Å²) in [7, 11) is 3.84. The van der Waals surface area contributed by atoms with Crippen LogP contribution in [0.2, 0.25) is 19.1 Å². The molecule has 0 aromatic heterocycles. The van der Waals surface area contributed by atoms with Crippen molar-refractivity contribution in [1.82, 2.24) is 0 Å². The number of rotatable bonds is 8. The third kappa shape index (κ3) is 9.87. The van der Waals surface area contributed by atoms with Gasteiger partial charge in [0.25, 0.3) is 0 Å². The van der Waals surface area contributed by atoms with E-state index < -0.39 is 8.32 Å². The van der Waals surface area contributed by atoms with Gasteiger partial charge in [-0.05, 0) is 52.1 Å². The molecule has 0 aliphatic heterocycles. The average molecular weight is 275 g/mol. The second kappa shape index (κ2) is 8.85. The van der Waals surface area contributed by atoms with E-state index in [1.165, 1.54) is 28.0 Å². The molecule has 13 heavy (non-hydrogen) atoms. The molecule has 0 N–H and O–H groups in total. The highest BCUT2D eigenvalue weighted by atomic mass is 33.7. The molecule has 0 fully saturated rings. The van der Waals surface area contributed by atoms with E-state index in [-0.39, 0.29) is 0 Å². The molecule has 0 saturated carbocycles. The molecule has 0 aromatic rings. The largest absolute Gasteiger partial charge is 0.418 e. The van der Waals surface area contributed by atoms with E-state index in [0.717, 1.165) is 6.61 Å². The summed E-state index contributed by atoms with van der Waals surface area (Å²) < 4.78 is 5.74. The highest BCUT2D eigenvalue weighted by Crippen LogP contribution is 2.37. The molecule has 0 unspecified atom stereocenters. The third-order valence-electron chi connectivity index (χ3n) is 1.62. The van der Waals surface area contributed by atoms with Crippen LogP contribution in [-0.2, 0) is 4.43 Å². The van der Waals surface area contributed by atoms with Gasteiger partial charge in [-0.3, -0.25) is 0 Å². The average Bonchev–Trinajstić information content (AvgIpc) is 2.04.